The Morgan fingerprint density at radius 1 is 1.50 bits per heavy atom. The number of nitrogens with one attached hydrogen (secondary N) is 1. The predicted molar refractivity (Wildman–Crippen MR) is 68.5 cm³/mol. The quantitative estimate of drug-likeness (QED) is 0.916. The summed E-state index contributed by atoms with van der Waals surface area (Å²) >= 11 is 1.64. The van der Waals surface area contributed by atoms with Crippen molar-refractivity contribution in [3.63, 3.8) is 0 Å². The summed E-state index contributed by atoms with van der Waals surface area (Å²) in [5, 5.41) is 7.27. The fraction of sp³-hybridized carbons (Fsp3) is 0.455. The number of amides is 1. The van der Waals surface area contributed by atoms with Crippen LogP contribution in [0.5, 0.6) is 0 Å². The first-order valence-corrected chi connectivity index (χ1v) is 6.38. The van der Waals surface area contributed by atoms with Gasteiger partial charge in [0.05, 0.1) is 16.7 Å². The normalized spacial score (nSPS) is 12.4. The van der Waals surface area contributed by atoms with Crippen molar-refractivity contribution in [3.05, 3.63) is 27.7 Å². The molecule has 2 rings (SSSR count). The summed E-state index contributed by atoms with van der Waals surface area (Å²) in [6, 6.07) is -0.0902. The molecule has 6 nitrogen and oxygen atoms in total. The van der Waals surface area contributed by atoms with Gasteiger partial charge in [0.25, 0.3) is 5.91 Å². The number of hydrogen-bond donors (Lipinski definition) is 1. The third kappa shape index (κ3) is 2.26. The number of thiazole rings is 1. The largest absolute Gasteiger partial charge is 0.331 e. The Morgan fingerprint density at radius 3 is 2.72 bits per heavy atom. The van der Waals surface area contributed by atoms with Gasteiger partial charge in [-0.25, -0.2) is 9.97 Å². The molecule has 2 aromatic heterocycles. The van der Waals surface area contributed by atoms with E-state index in [1.165, 1.54) is 6.33 Å². The molecule has 1 amide bonds. The first-order chi connectivity index (χ1) is 8.50. The van der Waals surface area contributed by atoms with Crippen molar-refractivity contribution in [1.82, 2.24) is 25.1 Å². The number of carbonyl (C=O) groups is 1. The van der Waals surface area contributed by atoms with Crippen molar-refractivity contribution in [1.29, 1.82) is 0 Å². The lowest BCUT2D eigenvalue weighted by Gasteiger charge is -2.23. The standard InChI is InChI=1S/C11H15N5OS/c1-6(9-7(2)18-8(3)14-9)16(4)11(17)10-12-5-13-15-10/h5-6H,1-4H3,(H,12,13,15). The Kier molecular flexibility index (Phi) is 3.42. The van der Waals surface area contributed by atoms with E-state index in [4.69, 9.17) is 0 Å². The van der Waals surface area contributed by atoms with Crippen LogP contribution in [0, 0.1) is 13.8 Å². The molecule has 0 saturated heterocycles. The van der Waals surface area contributed by atoms with E-state index in [9.17, 15) is 4.79 Å². The first kappa shape index (κ1) is 12.7. The Morgan fingerprint density at radius 2 is 2.22 bits per heavy atom. The lowest BCUT2D eigenvalue weighted by atomic mass is 10.2. The van der Waals surface area contributed by atoms with E-state index in [1.54, 1.807) is 23.3 Å². The zero-order valence-corrected chi connectivity index (χ0v) is 11.6. The monoisotopic (exact) mass is 265 g/mol. The van der Waals surface area contributed by atoms with E-state index in [2.05, 4.69) is 20.2 Å². The van der Waals surface area contributed by atoms with Gasteiger partial charge >= 0.3 is 0 Å². The Balaban J connectivity index is 2.21. The van der Waals surface area contributed by atoms with Gasteiger partial charge in [0.2, 0.25) is 5.82 Å². The molecule has 1 atom stereocenters. The van der Waals surface area contributed by atoms with Gasteiger partial charge in [-0.2, -0.15) is 5.10 Å². The Bertz CT molecular complexity index is 548. The molecule has 1 N–H and O–H groups in total. The highest BCUT2D eigenvalue weighted by molar-refractivity contribution is 7.11. The van der Waals surface area contributed by atoms with Crippen molar-refractivity contribution in [3.8, 4) is 0 Å². The second-order valence-corrected chi connectivity index (χ2v) is 5.51. The molecule has 0 aliphatic rings. The molecule has 0 fully saturated rings. The van der Waals surface area contributed by atoms with Gasteiger partial charge in [0, 0.05) is 11.9 Å². The van der Waals surface area contributed by atoms with E-state index >= 15 is 0 Å². The summed E-state index contributed by atoms with van der Waals surface area (Å²) in [5.41, 5.74) is 0.938. The van der Waals surface area contributed by atoms with Gasteiger partial charge in [-0.05, 0) is 20.8 Å². The molecule has 1 unspecified atom stereocenters. The number of rotatable bonds is 3. The minimum atomic E-state index is -0.190. The fourth-order valence-electron chi connectivity index (χ4n) is 1.77. The van der Waals surface area contributed by atoms with E-state index in [0.717, 1.165) is 15.6 Å². The molecule has 7 heteroatoms. The summed E-state index contributed by atoms with van der Waals surface area (Å²) < 4.78 is 0. The minimum absolute atomic E-state index is 0.0902. The van der Waals surface area contributed by atoms with Crippen LogP contribution >= 0.6 is 11.3 Å². The van der Waals surface area contributed by atoms with Crippen LogP contribution in [0.15, 0.2) is 6.33 Å². The fourth-order valence-corrected chi connectivity index (χ4v) is 2.68. The third-order valence-corrected chi connectivity index (χ3v) is 3.76. The third-order valence-electron chi connectivity index (χ3n) is 2.85. The summed E-state index contributed by atoms with van der Waals surface area (Å²) in [5.74, 6) is 0.0546. The second-order valence-electron chi connectivity index (χ2n) is 4.10. The minimum Gasteiger partial charge on any atom is -0.331 e. The number of aromatic nitrogens is 4. The number of aryl methyl sites for hydroxylation is 2. The van der Waals surface area contributed by atoms with Crippen LogP contribution in [0.1, 0.15) is 39.2 Å². The molecule has 0 bridgehead atoms. The molecule has 0 aliphatic carbocycles. The smallest absolute Gasteiger partial charge is 0.291 e. The van der Waals surface area contributed by atoms with Crippen molar-refractivity contribution in [2.45, 2.75) is 26.8 Å². The molecular formula is C11H15N5OS. The molecule has 18 heavy (non-hydrogen) atoms. The SMILES string of the molecule is Cc1nc(C(C)N(C)C(=O)c2ncn[nH]2)c(C)s1. The average Bonchev–Trinajstić information content (AvgIpc) is 2.96. The molecule has 0 saturated carbocycles. The highest BCUT2D eigenvalue weighted by atomic mass is 32.1. The molecular weight excluding hydrogens is 250 g/mol. The number of aromatic amines is 1. The average molecular weight is 265 g/mol. The molecule has 0 radical (unpaired) electrons. The molecule has 2 heterocycles. The number of carbonyl (C=O) groups excluding carboxylic acids is 1. The summed E-state index contributed by atoms with van der Waals surface area (Å²) in [6.45, 7) is 5.94. The lowest BCUT2D eigenvalue weighted by molar-refractivity contribution is 0.0728. The maximum Gasteiger partial charge on any atom is 0.291 e. The van der Waals surface area contributed by atoms with E-state index in [0.29, 0.717) is 0 Å². The number of H-pyrrole nitrogens is 1. The maximum absolute atomic E-state index is 12.1. The lowest BCUT2D eigenvalue weighted by Crippen LogP contribution is -2.31. The van der Waals surface area contributed by atoms with Crippen molar-refractivity contribution in [2.24, 2.45) is 0 Å². The van der Waals surface area contributed by atoms with Gasteiger partial charge < -0.3 is 4.90 Å². The topological polar surface area (TPSA) is 74.8 Å². The summed E-state index contributed by atoms with van der Waals surface area (Å²) in [6.07, 6.45) is 1.32. The molecule has 0 spiro atoms. The van der Waals surface area contributed by atoms with Crippen LogP contribution in [0.3, 0.4) is 0 Å². The van der Waals surface area contributed by atoms with Gasteiger partial charge in [-0.1, -0.05) is 0 Å². The highest BCUT2D eigenvalue weighted by Gasteiger charge is 2.24. The second kappa shape index (κ2) is 4.85. The van der Waals surface area contributed by atoms with Crippen LogP contribution in [-0.2, 0) is 0 Å². The van der Waals surface area contributed by atoms with E-state index in [-0.39, 0.29) is 17.8 Å². The van der Waals surface area contributed by atoms with Crippen molar-refractivity contribution < 1.29 is 4.79 Å². The summed E-state index contributed by atoms with van der Waals surface area (Å²) in [7, 11) is 1.74. The van der Waals surface area contributed by atoms with Crippen LogP contribution in [0.4, 0.5) is 0 Å². The number of nitrogens with zero attached hydrogens (tertiary/aromatic N) is 4. The molecule has 2 aromatic rings. The first-order valence-electron chi connectivity index (χ1n) is 5.57. The number of hydrogen-bond acceptors (Lipinski definition) is 5. The molecule has 0 aliphatic heterocycles. The van der Waals surface area contributed by atoms with Crippen molar-refractivity contribution in [2.75, 3.05) is 7.05 Å². The zero-order valence-electron chi connectivity index (χ0n) is 10.8. The Labute approximate surface area is 109 Å². The van der Waals surface area contributed by atoms with Crippen molar-refractivity contribution >= 4 is 17.2 Å². The van der Waals surface area contributed by atoms with E-state index < -0.39 is 0 Å². The Hall–Kier alpha value is -1.76. The van der Waals surface area contributed by atoms with Crippen LogP contribution < -0.4 is 0 Å². The maximum atomic E-state index is 12.1. The highest BCUT2D eigenvalue weighted by Crippen LogP contribution is 2.26. The molecule has 96 valence electrons. The van der Waals surface area contributed by atoms with Gasteiger partial charge in [0.1, 0.15) is 6.33 Å². The van der Waals surface area contributed by atoms with Crippen LogP contribution in [-0.4, -0.2) is 38.0 Å². The van der Waals surface area contributed by atoms with Gasteiger partial charge in [0.15, 0.2) is 0 Å². The zero-order chi connectivity index (χ0) is 13.3. The van der Waals surface area contributed by atoms with Gasteiger partial charge in [-0.3, -0.25) is 9.89 Å². The summed E-state index contributed by atoms with van der Waals surface area (Å²) in [4.78, 5) is 23.2. The van der Waals surface area contributed by atoms with Crippen LogP contribution in [0.2, 0.25) is 0 Å². The van der Waals surface area contributed by atoms with Gasteiger partial charge in [-0.15, -0.1) is 11.3 Å². The molecule has 0 aromatic carbocycles. The van der Waals surface area contributed by atoms with Crippen LogP contribution in [0.25, 0.3) is 0 Å². The van der Waals surface area contributed by atoms with E-state index in [1.807, 2.05) is 20.8 Å². The predicted octanol–water partition coefficient (Wildman–Crippen LogP) is 1.71.